The molecule has 0 saturated carbocycles. The average molecular weight is 282 g/mol. The Hall–Kier alpha value is -2.16. The molecule has 0 N–H and O–H groups in total. The molecule has 108 valence electrons. The molecule has 1 heterocycles. The number of imidazole rings is 1. The van der Waals surface area contributed by atoms with E-state index in [1.807, 2.05) is 18.2 Å². The van der Waals surface area contributed by atoms with E-state index in [-0.39, 0.29) is 5.82 Å². The summed E-state index contributed by atoms with van der Waals surface area (Å²) < 4.78 is 15.4. The Morgan fingerprint density at radius 2 is 1.76 bits per heavy atom. The van der Waals surface area contributed by atoms with E-state index in [1.54, 1.807) is 12.1 Å². The van der Waals surface area contributed by atoms with Gasteiger partial charge in [0.05, 0.1) is 11.0 Å². The van der Waals surface area contributed by atoms with Gasteiger partial charge in [-0.1, -0.05) is 26.0 Å². The van der Waals surface area contributed by atoms with Crippen molar-refractivity contribution < 1.29 is 4.39 Å². The molecule has 0 saturated heterocycles. The zero-order chi connectivity index (χ0) is 14.8. The Kier molecular flexibility index (Phi) is 3.74. The normalized spacial score (nSPS) is 11.4. The summed E-state index contributed by atoms with van der Waals surface area (Å²) in [5.74, 6) is 1.33. The lowest BCUT2D eigenvalue weighted by Crippen LogP contribution is -2.03. The maximum absolute atomic E-state index is 13.1. The van der Waals surface area contributed by atoms with Crippen LogP contribution in [-0.2, 0) is 6.54 Å². The molecule has 0 spiro atoms. The molecule has 2 nitrogen and oxygen atoms in total. The fourth-order valence-electron chi connectivity index (χ4n) is 2.51. The number of hydrogen-bond acceptors (Lipinski definition) is 1. The molecule has 3 rings (SSSR count). The second-order valence-electron chi connectivity index (χ2n) is 5.77. The smallest absolute Gasteiger partial charge is 0.141 e. The summed E-state index contributed by atoms with van der Waals surface area (Å²) in [6, 6.07) is 14.7. The molecule has 3 heteroatoms. The van der Waals surface area contributed by atoms with Crippen LogP contribution < -0.4 is 0 Å². The van der Waals surface area contributed by atoms with Crippen molar-refractivity contribution >= 4 is 11.0 Å². The van der Waals surface area contributed by atoms with E-state index < -0.39 is 0 Å². The first-order chi connectivity index (χ1) is 10.1. The first-order valence-corrected chi connectivity index (χ1v) is 7.36. The molecule has 0 fully saturated rings. The number of aryl methyl sites for hydroxylation is 1. The first kappa shape index (κ1) is 13.8. The van der Waals surface area contributed by atoms with Crippen molar-refractivity contribution in [1.82, 2.24) is 9.55 Å². The highest BCUT2D eigenvalue weighted by atomic mass is 19.1. The van der Waals surface area contributed by atoms with E-state index in [4.69, 9.17) is 4.98 Å². The van der Waals surface area contributed by atoms with Crippen molar-refractivity contribution in [2.75, 3.05) is 0 Å². The Morgan fingerprint density at radius 3 is 2.48 bits per heavy atom. The summed E-state index contributed by atoms with van der Waals surface area (Å²) in [4.78, 5) is 4.73. The molecular weight excluding hydrogens is 263 g/mol. The van der Waals surface area contributed by atoms with Gasteiger partial charge in [-0.05, 0) is 48.7 Å². The molecule has 0 bridgehead atoms. The zero-order valence-corrected chi connectivity index (χ0v) is 12.4. The van der Waals surface area contributed by atoms with Crippen LogP contribution in [0.2, 0.25) is 0 Å². The SMILES string of the molecule is CC(C)CCn1c(-c2ccc(F)cc2)nc2ccccc21. The van der Waals surface area contributed by atoms with Crippen LogP contribution in [0.3, 0.4) is 0 Å². The lowest BCUT2D eigenvalue weighted by Gasteiger charge is -2.11. The van der Waals surface area contributed by atoms with Crippen LogP contribution >= 0.6 is 0 Å². The number of rotatable bonds is 4. The minimum absolute atomic E-state index is 0.219. The number of nitrogens with zero attached hydrogens (tertiary/aromatic N) is 2. The van der Waals surface area contributed by atoms with Gasteiger partial charge < -0.3 is 4.57 Å². The lowest BCUT2D eigenvalue weighted by atomic mass is 10.1. The third kappa shape index (κ3) is 2.82. The third-order valence-electron chi connectivity index (χ3n) is 3.69. The van der Waals surface area contributed by atoms with Gasteiger partial charge in [-0.3, -0.25) is 0 Å². The number of fused-ring (bicyclic) bond motifs is 1. The van der Waals surface area contributed by atoms with Gasteiger partial charge in [-0.15, -0.1) is 0 Å². The van der Waals surface area contributed by atoms with Crippen LogP contribution in [-0.4, -0.2) is 9.55 Å². The number of para-hydroxylation sites is 2. The van der Waals surface area contributed by atoms with E-state index in [0.29, 0.717) is 5.92 Å². The molecular formula is C18H19FN2. The minimum Gasteiger partial charge on any atom is -0.324 e. The predicted molar refractivity (Wildman–Crippen MR) is 84.6 cm³/mol. The predicted octanol–water partition coefficient (Wildman–Crippen LogP) is 4.89. The molecule has 21 heavy (non-hydrogen) atoms. The molecule has 0 unspecified atom stereocenters. The molecule has 0 atom stereocenters. The second kappa shape index (κ2) is 5.68. The van der Waals surface area contributed by atoms with Crippen LogP contribution in [0.1, 0.15) is 20.3 Å². The first-order valence-electron chi connectivity index (χ1n) is 7.36. The van der Waals surface area contributed by atoms with Crippen LogP contribution in [0, 0.1) is 11.7 Å². The fraction of sp³-hybridized carbons (Fsp3) is 0.278. The summed E-state index contributed by atoms with van der Waals surface area (Å²) in [7, 11) is 0. The minimum atomic E-state index is -0.219. The van der Waals surface area contributed by atoms with Gasteiger partial charge in [-0.2, -0.15) is 0 Å². The Balaban J connectivity index is 2.11. The van der Waals surface area contributed by atoms with E-state index in [2.05, 4.69) is 24.5 Å². The molecule has 0 aliphatic rings. The van der Waals surface area contributed by atoms with E-state index >= 15 is 0 Å². The summed E-state index contributed by atoms with van der Waals surface area (Å²) >= 11 is 0. The van der Waals surface area contributed by atoms with Gasteiger partial charge in [0.2, 0.25) is 0 Å². The van der Waals surface area contributed by atoms with Crippen molar-refractivity contribution in [3.8, 4) is 11.4 Å². The average Bonchev–Trinajstić information content (AvgIpc) is 2.84. The Bertz CT molecular complexity index is 742. The standard InChI is InChI=1S/C18H19FN2/c1-13(2)11-12-21-17-6-4-3-5-16(17)20-18(21)14-7-9-15(19)10-8-14/h3-10,13H,11-12H2,1-2H3. The van der Waals surface area contributed by atoms with Crippen molar-refractivity contribution in [3.05, 3.63) is 54.3 Å². The second-order valence-corrected chi connectivity index (χ2v) is 5.77. The van der Waals surface area contributed by atoms with Gasteiger partial charge in [0, 0.05) is 12.1 Å². The summed E-state index contributed by atoms with van der Waals surface area (Å²) in [5.41, 5.74) is 3.08. The highest BCUT2D eigenvalue weighted by Gasteiger charge is 2.12. The maximum Gasteiger partial charge on any atom is 0.141 e. The van der Waals surface area contributed by atoms with Crippen molar-refractivity contribution in [3.63, 3.8) is 0 Å². The number of hydrogen-bond donors (Lipinski definition) is 0. The van der Waals surface area contributed by atoms with Crippen LogP contribution in [0.5, 0.6) is 0 Å². The summed E-state index contributed by atoms with van der Waals surface area (Å²) in [6.45, 7) is 5.36. The fourth-order valence-corrected chi connectivity index (χ4v) is 2.51. The van der Waals surface area contributed by atoms with E-state index in [1.165, 1.54) is 12.1 Å². The zero-order valence-electron chi connectivity index (χ0n) is 12.4. The van der Waals surface area contributed by atoms with Crippen LogP contribution in [0.4, 0.5) is 4.39 Å². The lowest BCUT2D eigenvalue weighted by molar-refractivity contribution is 0.525. The quantitative estimate of drug-likeness (QED) is 0.666. The largest absolute Gasteiger partial charge is 0.324 e. The molecule has 1 aromatic heterocycles. The number of halogens is 1. The summed E-state index contributed by atoms with van der Waals surface area (Å²) in [6.07, 6.45) is 1.09. The highest BCUT2D eigenvalue weighted by Crippen LogP contribution is 2.25. The van der Waals surface area contributed by atoms with Gasteiger partial charge >= 0.3 is 0 Å². The summed E-state index contributed by atoms with van der Waals surface area (Å²) in [5, 5.41) is 0. The van der Waals surface area contributed by atoms with Crippen LogP contribution in [0.15, 0.2) is 48.5 Å². The molecule has 3 aromatic rings. The van der Waals surface area contributed by atoms with E-state index in [0.717, 1.165) is 35.4 Å². The van der Waals surface area contributed by atoms with Gasteiger partial charge in [0.15, 0.2) is 0 Å². The van der Waals surface area contributed by atoms with Crippen molar-refractivity contribution in [2.45, 2.75) is 26.8 Å². The Labute approximate surface area is 124 Å². The monoisotopic (exact) mass is 282 g/mol. The van der Waals surface area contributed by atoms with Gasteiger partial charge in [0.1, 0.15) is 11.6 Å². The van der Waals surface area contributed by atoms with Gasteiger partial charge in [-0.25, -0.2) is 9.37 Å². The molecule has 0 amide bonds. The van der Waals surface area contributed by atoms with Crippen molar-refractivity contribution in [2.24, 2.45) is 5.92 Å². The molecule has 0 radical (unpaired) electrons. The number of aromatic nitrogens is 2. The Morgan fingerprint density at radius 1 is 1.05 bits per heavy atom. The van der Waals surface area contributed by atoms with Gasteiger partial charge in [0.25, 0.3) is 0 Å². The van der Waals surface area contributed by atoms with Crippen molar-refractivity contribution in [1.29, 1.82) is 0 Å². The molecule has 2 aromatic carbocycles. The topological polar surface area (TPSA) is 17.8 Å². The number of benzene rings is 2. The molecule has 0 aliphatic carbocycles. The molecule has 0 aliphatic heterocycles. The highest BCUT2D eigenvalue weighted by molar-refractivity contribution is 5.80. The van der Waals surface area contributed by atoms with E-state index in [9.17, 15) is 4.39 Å². The maximum atomic E-state index is 13.1. The van der Waals surface area contributed by atoms with Crippen LogP contribution in [0.25, 0.3) is 22.4 Å². The third-order valence-corrected chi connectivity index (χ3v) is 3.69.